The molecule has 10 nitrogen and oxygen atoms in total. The summed E-state index contributed by atoms with van der Waals surface area (Å²) in [5, 5.41) is 9.94. The molecule has 0 amide bonds. The number of aromatic nitrogens is 3. The molecule has 0 aliphatic carbocycles. The van der Waals surface area contributed by atoms with Crippen LogP contribution in [0, 0.1) is 0 Å². The first-order chi connectivity index (χ1) is 22.9. The number of guanidine groups is 1. The second kappa shape index (κ2) is 15.6. The average molecular weight is 682 g/mol. The number of H-pyrrole nitrogens is 1. The normalized spacial score (nSPS) is 14.6. The molecule has 1 unspecified atom stereocenters. The molecule has 1 aliphatic heterocycles. The first-order valence-corrected chi connectivity index (χ1v) is 16.5. The second-order valence-electron chi connectivity index (χ2n) is 14.5. The maximum absolute atomic E-state index is 13.3. The Kier molecular flexibility index (Phi) is 11.9. The number of aliphatic imine (C=N–C) groups is 1. The Bertz CT molecular complexity index is 1760. The number of nitrogens with one attached hydrogen (secondary N) is 4. The number of fused-ring (bicyclic) bond motifs is 1. The van der Waals surface area contributed by atoms with Gasteiger partial charge in [0.15, 0.2) is 5.96 Å². The lowest BCUT2D eigenvalue weighted by molar-refractivity contribution is -0.160. The van der Waals surface area contributed by atoms with E-state index in [1.165, 1.54) is 0 Å². The molecule has 5 rings (SSSR count). The molecule has 3 heterocycles. The van der Waals surface area contributed by atoms with Gasteiger partial charge in [-0.05, 0) is 53.3 Å². The molecule has 1 atom stereocenters. The molecule has 0 saturated carbocycles. The van der Waals surface area contributed by atoms with Gasteiger partial charge in [-0.1, -0.05) is 77.9 Å². The number of aromatic amines is 1. The van der Waals surface area contributed by atoms with Crippen LogP contribution in [0.15, 0.2) is 70.6 Å². The maximum atomic E-state index is 13.3. The summed E-state index contributed by atoms with van der Waals surface area (Å²) in [6.45, 7) is 15.7. The van der Waals surface area contributed by atoms with Crippen molar-refractivity contribution in [2.45, 2.75) is 83.6 Å². The lowest BCUT2D eigenvalue weighted by Crippen LogP contribution is -2.57. The fraction of sp³-hybridized carbons (Fsp3) is 0.472. The van der Waals surface area contributed by atoms with Gasteiger partial charge in [-0.25, -0.2) is 4.79 Å². The topological polar surface area (TPSA) is 151 Å². The molecule has 13 heteroatoms. The Balaban J connectivity index is 0.000000237. The third-order valence-electron chi connectivity index (χ3n) is 8.26. The van der Waals surface area contributed by atoms with E-state index in [4.69, 9.17) is 11.5 Å². The molecule has 0 radical (unpaired) electrons. The third kappa shape index (κ3) is 10.6. The number of nitrogens with two attached hydrogens (primary N) is 2. The highest BCUT2D eigenvalue weighted by atomic mass is 19.4. The summed E-state index contributed by atoms with van der Waals surface area (Å²) in [7, 11) is 0. The van der Waals surface area contributed by atoms with Crippen molar-refractivity contribution in [1.29, 1.82) is 0 Å². The maximum Gasteiger partial charge on any atom is 0.407 e. The predicted octanol–water partition coefficient (Wildman–Crippen LogP) is 4.91. The van der Waals surface area contributed by atoms with Gasteiger partial charge in [-0.3, -0.25) is 14.9 Å². The summed E-state index contributed by atoms with van der Waals surface area (Å²) in [5.41, 5.74) is 14.9. The summed E-state index contributed by atoms with van der Waals surface area (Å²) in [5.74, 6) is 0.123. The molecule has 0 spiro atoms. The van der Waals surface area contributed by atoms with Gasteiger partial charge in [0.05, 0.1) is 5.69 Å². The van der Waals surface area contributed by atoms with E-state index in [1.807, 2.05) is 57.3 Å². The van der Waals surface area contributed by atoms with E-state index < -0.39 is 12.2 Å². The molecule has 49 heavy (non-hydrogen) atoms. The number of hydrogen-bond donors (Lipinski definition) is 6. The van der Waals surface area contributed by atoms with Gasteiger partial charge in [-0.2, -0.15) is 18.2 Å². The minimum absolute atomic E-state index is 0.0352. The van der Waals surface area contributed by atoms with Gasteiger partial charge >= 0.3 is 11.9 Å². The van der Waals surface area contributed by atoms with Crippen molar-refractivity contribution in [3.63, 3.8) is 0 Å². The zero-order chi connectivity index (χ0) is 36.0. The minimum Gasteiger partial charge on any atom is -0.370 e. The number of halogens is 3. The SMILES string of the molecule is CC(C)(C)c1cc2cn(-c3ccc(CNCCCN=C(N)N)cc3)c(=O)nc2[nH]1.CC(C)(C)c1cccc(C(NC2CNC2)C(F)(F)F)c1. The minimum atomic E-state index is -4.29. The van der Waals surface area contributed by atoms with Gasteiger partial charge in [-0.15, -0.1) is 0 Å². The third-order valence-corrected chi connectivity index (χ3v) is 8.26. The van der Waals surface area contributed by atoms with Crippen molar-refractivity contribution in [3.8, 4) is 5.69 Å². The fourth-order valence-corrected chi connectivity index (χ4v) is 5.21. The van der Waals surface area contributed by atoms with E-state index in [1.54, 1.807) is 22.8 Å². The lowest BCUT2D eigenvalue weighted by Gasteiger charge is -2.34. The first kappa shape index (κ1) is 37.6. The summed E-state index contributed by atoms with van der Waals surface area (Å²) >= 11 is 0. The van der Waals surface area contributed by atoms with Crippen LogP contribution in [-0.4, -0.2) is 58.9 Å². The van der Waals surface area contributed by atoms with Gasteiger partial charge < -0.3 is 27.1 Å². The van der Waals surface area contributed by atoms with E-state index in [0.717, 1.165) is 47.4 Å². The number of hydrogen-bond acceptors (Lipinski definition) is 6. The molecule has 266 valence electrons. The van der Waals surface area contributed by atoms with Crippen LogP contribution < -0.4 is 33.1 Å². The van der Waals surface area contributed by atoms with Crippen molar-refractivity contribution in [2.75, 3.05) is 26.2 Å². The zero-order valence-electron chi connectivity index (χ0n) is 29.2. The van der Waals surface area contributed by atoms with E-state index in [0.29, 0.717) is 25.3 Å². The molecule has 2 aromatic heterocycles. The van der Waals surface area contributed by atoms with Gasteiger partial charge in [0, 0.05) is 54.9 Å². The van der Waals surface area contributed by atoms with E-state index in [9.17, 15) is 18.0 Å². The van der Waals surface area contributed by atoms with Crippen molar-refractivity contribution < 1.29 is 13.2 Å². The number of rotatable bonds is 10. The van der Waals surface area contributed by atoms with E-state index >= 15 is 0 Å². The first-order valence-electron chi connectivity index (χ1n) is 16.5. The van der Waals surface area contributed by atoms with Crippen LogP contribution in [0.1, 0.15) is 76.4 Å². The van der Waals surface area contributed by atoms with Crippen molar-refractivity contribution in [3.05, 3.63) is 93.7 Å². The molecule has 1 saturated heterocycles. The summed E-state index contributed by atoms with van der Waals surface area (Å²) in [6, 6.07) is 15.0. The van der Waals surface area contributed by atoms with Gasteiger partial charge in [0.1, 0.15) is 11.7 Å². The fourth-order valence-electron chi connectivity index (χ4n) is 5.21. The summed E-state index contributed by atoms with van der Waals surface area (Å²) in [6.07, 6.45) is -1.58. The van der Waals surface area contributed by atoms with Crippen LogP contribution in [-0.2, 0) is 17.4 Å². The largest absolute Gasteiger partial charge is 0.407 e. The highest BCUT2D eigenvalue weighted by molar-refractivity contribution is 5.76. The highest BCUT2D eigenvalue weighted by Gasteiger charge is 2.42. The lowest BCUT2D eigenvalue weighted by atomic mass is 9.85. The molecule has 1 aliphatic rings. The molecular formula is C36H50F3N9O. The van der Waals surface area contributed by atoms with Crippen LogP contribution in [0.3, 0.4) is 0 Å². The molecule has 2 aromatic carbocycles. The summed E-state index contributed by atoms with van der Waals surface area (Å²) in [4.78, 5) is 23.9. The Hall–Kier alpha value is -4.20. The average Bonchev–Trinajstić information content (AvgIpc) is 3.41. The van der Waals surface area contributed by atoms with Crippen LogP contribution >= 0.6 is 0 Å². The van der Waals surface area contributed by atoms with Crippen LogP contribution in [0.4, 0.5) is 13.2 Å². The van der Waals surface area contributed by atoms with E-state index in [2.05, 4.69) is 57.7 Å². The van der Waals surface area contributed by atoms with E-state index in [-0.39, 0.29) is 34.1 Å². The Labute approximate surface area is 286 Å². The number of nitrogens with zero attached hydrogens (tertiary/aromatic N) is 3. The highest BCUT2D eigenvalue weighted by Crippen LogP contribution is 2.35. The van der Waals surface area contributed by atoms with Crippen LogP contribution in [0.5, 0.6) is 0 Å². The summed E-state index contributed by atoms with van der Waals surface area (Å²) < 4.78 is 41.4. The van der Waals surface area contributed by atoms with Crippen molar-refractivity contribution in [2.24, 2.45) is 16.5 Å². The smallest absolute Gasteiger partial charge is 0.370 e. The van der Waals surface area contributed by atoms with Crippen molar-refractivity contribution in [1.82, 2.24) is 30.5 Å². The number of alkyl halides is 3. The number of benzene rings is 2. The van der Waals surface area contributed by atoms with Crippen LogP contribution in [0.2, 0.25) is 0 Å². The Morgan fingerprint density at radius 3 is 2.29 bits per heavy atom. The molecule has 4 aromatic rings. The molecule has 8 N–H and O–H groups in total. The van der Waals surface area contributed by atoms with Gasteiger partial charge in [0.2, 0.25) is 0 Å². The van der Waals surface area contributed by atoms with Crippen molar-refractivity contribution >= 4 is 17.0 Å². The quantitative estimate of drug-likeness (QED) is 0.0791. The van der Waals surface area contributed by atoms with Crippen LogP contribution in [0.25, 0.3) is 16.7 Å². The molecule has 1 fully saturated rings. The predicted molar refractivity (Wildman–Crippen MR) is 191 cm³/mol. The monoisotopic (exact) mass is 681 g/mol. The molecule has 0 bridgehead atoms. The van der Waals surface area contributed by atoms with Gasteiger partial charge in [0.25, 0.3) is 0 Å². The molecular weight excluding hydrogens is 631 g/mol. The standard InChI is InChI=1S/C21H29N7O.C15H21F3N2/c1-21(2,3)17-11-15-13-28(20(29)27-18(15)26-17)16-7-5-14(6-8-16)12-24-9-4-10-25-19(22)23;1-14(2,3)11-6-4-5-10(7-11)13(15(16,17)18)20-12-8-19-9-12/h5-8,11,13,24H,4,9-10,12H2,1-3H3,(H4,22,23,25)(H,26,27,29);4-7,12-13,19-20H,8-9H2,1-3H3. The Morgan fingerprint density at radius 1 is 1.02 bits per heavy atom. The Morgan fingerprint density at radius 2 is 1.71 bits per heavy atom. The zero-order valence-corrected chi connectivity index (χ0v) is 29.2. The second-order valence-corrected chi connectivity index (χ2v) is 14.5.